The molecule has 1 aromatic carbocycles. The van der Waals surface area contributed by atoms with Crippen molar-refractivity contribution < 1.29 is 27.4 Å². The van der Waals surface area contributed by atoms with Crippen LogP contribution in [0.4, 0.5) is 18.0 Å². The molecular formula is C23H28ClF3N4O3. The fraction of sp³-hybridized carbons (Fsp3) is 0.565. The maximum atomic E-state index is 13.2. The molecule has 2 fully saturated rings. The Kier molecular flexibility index (Phi) is 6.39. The summed E-state index contributed by atoms with van der Waals surface area (Å²) in [6, 6.07) is 3.57. The molecule has 0 radical (unpaired) electrons. The molecule has 0 aromatic heterocycles. The van der Waals surface area contributed by atoms with Gasteiger partial charge in [-0.25, -0.2) is 4.79 Å². The third-order valence-electron chi connectivity index (χ3n) is 6.11. The van der Waals surface area contributed by atoms with E-state index in [-0.39, 0.29) is 17.3 Å². The Balaban J connectivity index is 1.50. The predicted molar refractivity (Wildman–Crippen MR) is 122 cm³/mol. The topological polar surface area (TPSA) is 66.4 Å². The van der Waals surface area contributed by atoms with Crippen molar-refractivity contribution in [3.05, 3.63) is 40.4 Å². The maximum absolute atomic E-state index is 13.2. The van der Waals surface area contributed by atoms with Crippen LogP contribution in [0, 0.1) is 5.41 Å². The summed E-state index contributed by atoms with van der Waals surface area (Å²) in [7, 11) is 0. The van der Waals surface area contributed by atoms with Crippen molar-refractivity contribution >= 4 is 23.9 Å². The van der Waals surface area contributed by atoms with Gasteiger partial charge in [0.15, 0.2) is 5.76 Å². The molecule has 0 bridgehead atoms. The second kappa shape index (κ2) is 8.87. The second-order valence-corrected chi connectivity index (χ2v) is 10.3. The lowest BCUT2D eigenvalue weighted by Crippen LogP contribution is -2.39. The number of hydrogen-bond donors (Lipinski definition) is 1. The van der Waals surface area contributed by atoms with Gasteiger partial charge in [0.05, 0.1) is 16.8 Å². The number of likely N-dealkylation sites (tertiary alicyclic amines) is 2. The first-order valence-electron chi connectivity index (χ1n) is 11.1. The van der Waals surface area contributed by atoms with Gasteiger partial charge in [0.25, 0.3) is 0 Å². The van der Waals surface area contributed by atoms with E-state index in [1.54, 1.807) is 4.90 Å². The summed E-state index contributed by atoms with van der Waals surface area (Å²) in [5.74, 6) is 0.854. The number of hydrogen-bond acceptors (Lipinski definition) is 6. The molecular weight excluding hydrogens is 473 g/mol. The number of carbonyl (C=O) groups excluding carboxylic acids is 1. The largest absolute Gasteiger partial charge is 0.450 e. The van der Waals surface area contributed by atoms with Crippen LogP contribution in [0.2, 0.25) is 5.02 Å². The number of rotatable bonds is 3. The lowest BCUT2D eigenvalue weighted by Gasteiger charge is -2.30. The van der Waals surface area contributed by atoms with Crippen LogP contribution in [-0.2, 0) is 10.9 Å². The molecule has 1 N–H and O–H groups in total. The van der Waals surface area contributed by atoms with Gasteiger partial charge in [-0.2, -0.15) is 13.2 Å². The SMILES string of the molecule is CC(C)(C)OC(=O)N1CCC2(CCN(C3=C(Oc4cccc(C(F)(F)F)c4Cl)C=NCN3)C2)C1. The van der Waals surface area contributed by atoms with Crippen molar-refractivity contribution in [1.29, 1.82) is 0 Å². The minimum atomic E-state index is -4.59. The lowest BCUT2D eigenvalue weighted by atomic mass is 9.86. The van der Waals surface area contributed by atoms with Crippen molar-refractivity contribution in [3.63, 3.8) is 0 Å². The first-order chi connectivity index (χ1) is 15.9. The van der Waals surface area contributed by atoms with E-state index in [9.17, 15) is 18.0 Å². The molecule has 11 heteroatoms. The Morgan fingerprint density at radius 1 is 1.18 bits per heavy atom. The number of halogens is 4. The molecule has 3 heterocycles. The molecule has 3 aliphatic heterocycles. The average molecular weight is 501 g/mol. The fourth-order valence-corrected chi connectivity index (χ4v) is 4.81. The highest BCUT2D eigenvalue weighted by atomic mass is 35.5. The standard InChI is InChI=1S/C23H28ClF3N4O3/c1-21(2,3)34-20(32)31-10-8-22(13-31)7-9-30(12-22)19-17(11-28-14-29-19)33-16-6-4-5-15(18(16)24)23(25,26)27/h4-6,11,29H,7-10,12-14H2,1-3H3. The van der Waals surface area contributed by atoms with Crippen LogP contribution in [0.3, 0.4) is 0 Å². The zero-order valence-corrected chi connectivity index (χ0v) is 20.1. The van der Waals surface area contributed by atoms with Gasteiger partial charge in [0.1, 0.15) is 23.8 Å². The van der Waals surface area contributed by atoms with Gasteiger partial charge in [0, 0.05) is 31.6 Å². The number of benzene rings is 1. The maximum Gasteiger partial charge on any atom is 0.417 e. The normalized spacial score (nSPS) is 23.0. The van der Waals surface area contributed by atoms with Crippen molar-refractivity contribution in [2.45, 2.75) is 45.4 Å². The summed E-state index contributed by atoms with van der Waals surface area (Å²) < 4.78 is 51.1. The predicted octanol–water partition coefficient (Wildman–Crippen LogP) is 4.87. The number of amides is 1. The van der Waals surface area contributed by atoms with E-state index >= 15 is 0 Å². The second-order valence-electron chi connectivity index (χ2n) is 9.90. The van der Waals surface area contributed by atoms with Crippen LogP contribution in [0.25, 0.3) is 0 Å². The number of nitrogens with zero attached hydrogens (tertiary/aromatic N) is 3. The van der Waals surface area contributed by atoms with Crippen LogP contribution in [-0.4, -0.2) is 60.6 Å². The van der Waals surface area contributed by atoms with Crippen LogP contribution >= 0.6 is 11.6 Å². The van der Waals surface area contributed by atoms with E-state index in [1.165, 1.54) is 18.3 Å². The molecule has 1 amide bonds. The Morgan fingerprint density at radius 2 is 1.91 bits per heavy atom. The van der Waals surface area contributed by atoms with Crippen LogP contribution in [0.15, 0.2) is 34.8 Å². The Morgan fingerprint density at radius 3 is 2.62 bits per heavy atom. The molecule has 186 valence electrons. The number of nitrogens with one attached hydrogen (secondary N) is 1. The van der Waals surface area contributed by atoms with Crippen molar-refractivity contribution in [1.82, 2.24) is 15.1 Å². The first kappa shape index (κ1) is 24.5. The lowest BCUT2D eigenvalue weighted by molar-refractivity contribution is -0.137. The van der Waals surface area contributed by atoms with Gasteiger partial charge in [-0.3, -0.25) is 4.99 Å². The van der Waals surface area contributed by atoms with E-state index in [0.717, 1.165) is 18.9 Å². The number of carbonyl (C=O) groups is 1. The Labute approximate surface area is 201 Å². The quantitative estimate of drug-likeness (QED) is 0.641. The van der Waals surface area contributed by atoms with Crippen LogP contribution < -0.4 is 10.1 Å². The summed E-state index contributed by atoms with van der Waals surface area (Å²) in [6.45, 7) is 8.45. The van der Waals surface area contributed by atoms with E-state index < -0.39 is 22.4 Å². The third-order valence-corrected chi connectivity index (χ3v) is 6.50. The highest BCUT2D eigenvalue weighted by Crippen LogP contribution is 2.42. The molecule has 0 saturated carbocycles. The van der Waals surface area contributed by atoms with Crippen molar-refractivity contribution in [3.8, 4) is 5.75 Å². The zero-order valence-electron chi connectivity index (χ0n) is 19.3. The van der Waals surface area contributed by atoms with Gasteiger partial charge >= 0.3 is 12.3 Å². The Hall–Kier alpha value is -2.62. The smallest absolute Gasteiger partial charge is 0.417 e. The van der Waals surface area contributed by atoms with E-state index in [0.29, 0.717) is 44.4 Å². The molecule has 1 atom stereocenters. The minimum Gasteiger partial charge on any atom is -0.450 e. The van der Waals surface area contributed by atoms with Gasteiger partial charge < -0.3 is 24.6 Å². The molecule has 3 aliphatic rings. The monoisotopic (exact) mass is 500 g/mol. The molecule has 7 nitrogen and oxygen atoms in total. The molecule has 4 rings (SSSR count). The number of aliphatic imine (C=N–C) groups is 1. The number of allylic oxidation sites excluding steroid dienone is 1. The molecule has 1 unspecified atom stereocenters. The van der Waals surface area contributed by atoms with Gasteiger partial charge in [-0.05, 0) is 45.7 Å². The van der Waals surface area contributed by atoms with Gasteiger partial charge in [0.2, 0.25) is 0 Å². The molecule has 34 heavy (non-hydrogen) atoms. The summed E-state index contributed by atoms with van der Waals surface area (Å²) in [6.07, 6.45) is -1.69. The molecule has 1 aromatic rings. The van der Waals surface area contributed by atoms with E-state index in [1.807, 2.05) is 20.8 Å². The van der Waals surface area contributed by atoms with Gasteiger partial charge in [-0.15, -0.1) is 0 Å². The van der Waals surface area contributed by atoms with Crippen LogP contribution in [0.5, 0.6) is 5.75 Å². The zero-order chi connectivity index (χ0) is 24.7. The van der Waals surface area contributed by atoms with E-state index in [4.69, 9.17) is 21.1 Å². The fourth-order valence-electron chi connectivity index (χ4n) is 4.54. The molecule has 1 spiro atoms. The van der Waals surface area contributed by atoms with Gasteiger partial charge in [-0.1, -0.05) is 17.7 Å². The van der Waals surface area contributed by atoms with Crippen molar-refractivity contribution in [2.24, 2.45) is 10.4 Å². The summed E-state index contributed by atoms with van der Waals surface area (Å²) in [5.41, 5.74) is -1.59. The summed E-state index contributed by atoms with van der Waals surface area (Å²) in [4.78, 5) is 20.5. The van der Waals surface area contributed by atoms with E-state index in [2.05, 4.69) is 15.2 Å². The molecule has 2 saturated heterocycles. The average Bonchev–Trinajstić information content (AvgIpc) is 3.35. The summed E-state index contributed by atoms with van der Waals surface area (Å²) in [5, 5.41) is 2.68. The first-order valence-corrected chi connectivity index (χ1v) is 11.5. The Bertz CT molecular complexity index is 1020. The minimum absolute atomic E-state index is 0.0842. The highest BCUT2D eigenvalue weighted by molar-refractivity contribution is 6.33. The highest BCUT2D eigenvalue weighted by Gasteiger charge is 2.46. The number of ether oxygens (including phenoxy) is 2. The third kappa shape index (κ3) is 5.21. The number of alkyl halides is 3. The van der Waals surface area contributed by atoms with Crippen LogP contribution in [0.1, 0.15) is 39.2 Å². The van der Waals surface area contributed by atoms with Crippen molar-refractivity contribution in [2.75, 3.05) is 32.8 Å². The molecule has 0 aliphatic carbocycles. The summed E-state index contributed by atoms with van der Waals surface area (Å²) >= 11 is 6.01.